The van der Waals surface area contributed by atoms with Gasteiger partial charge < -0.3 is 20.4 Å². The van der Waals surface area contributed by atoms with Crippen LogP contribution in [0.5, 0.6) is 0 Å². The van der Waals surface area contributed by atoms with E-state index in [1.807, 2.05) is 42.7 Å². The number of piperidine rings is 2. The van der Waals surface area contributed by atoms with Crippen LogP contribution >= 0.6 is 0 Å². The largest absolute Gasteiger partial charge is 0.371 e. The first-order valence-corrected chi connectivity index (χ1v) is 13.0. The van der Waals surface area contributed by atoms with Gasteiger partial charge in [-0.25, -0.2) is 4.98 Å². The minimum absolute atomic E-state index is 0.132. The van der Waals surface area contributed by atoms with Crippen LogP contribution in [-0.2, 0) is 11.3 Å². The highest BCUT2D eigenvalue weighted by molar-refractivity contribution is 5.77. The number of carbonyl (C=O) groups is 1. The number of benzene rings is 1. The molecule has 1 amide bonds. The second kappa shape index (κ2) is 11.0. The first-order valence-electron chi connectivity index (χ1n) is 13.0. The van der Waals surface area contributed by atoms with Gasteiger partial charge in [0.25, 0.3) is 0 Å². The molecule has 2 aliphatic heterocycles. The zero-order chi connectivity index (χ0) is 25.8. The molecule has 1 aromatic carbocycles. The van der Waals surface area contributed by atoms with Gasteiger partial charge in [-0.15, -0.1) is 0 Å². The number of aromatic nitrogens is 3. The average Bonchev–Trinajstić information content (AvgIpc) is 3.42. The number of primary amides is 1. The number of nitrogens with zero attached hydrogens (tertiary/aromatic N) is 7. The number of carbonyl (C=O) groups excluding carboxylic acids is 1. The topological polar surface area (TPSA) is 107 Å². The lowest BCUT2D eigenvalue weighted by Gasteiger charge is -2.33. The summed E-state index contributed by atoms with van der Waals surface area (Å²) in [5, 5.41) is 13.9. The Morgan fingerprint density at radius 1 is 1.16 bits per heavy atom. The Balaban J connectivity index is 1.44. The highest BCUT2D eigenvalue weighted by Crippen LogP contribution is 2.32. The Hall–Kier alpha value is -3.90. The fourth-order valence-corrected chi connectivity index (χ4v) is 5.29. The number of anilines is 3. The van der Waals surface area contributed by atoms with Crippen LogP contribution in [0.2, 0.25) is 0 Å². The Bertz CT molecular complexity index is 1260. The minimum atomic E-state index is -0.234. The van der Waals surface area contributed by atoms with Crippen molar-refractivity contribution in [3.8, 4) is 6.07 Å². The molecule has 0 spiro atoms. The van der Waals surface area contributed by atoms with E-state index in [2.05, 4.69) is 44.8 Å². The highest BCUT2D eigenvalue weighted by Gasteiger charge is 2.25. The molecule has 3 aromatic rings. The van der Waals surface area contributed by atoms with Gasteiger partial charge in [0.1, 0.15) is 5.82 Å². The van der Waals surface area contributed by atoms with Crippen molar-refractivity contribution in [2.24, 2.45) is 11.7 Å². The highest BCUT2D eigenvalue weighted by atomic mass is 16.1. The van der Waals surface area contributed by atoms with Crippen molar-refractivity contribution in [2.75, 3.05) is 43.0 Å². The number of pyridine rings is 1. The summed E-state index contributed by atoms with van der Waals surface area (Å²) < 4.78 is 2.10. The molecular formula is C28H34N8O. The molecule has 1 atom stereocenters. The predicted molar refractivity (Wildman–Crippen MR) is 143 cm³/mol. The van der Waals surface area contributed by atoms with Crippen LogP contribution in [0, 0.1) is 17.2 Å². The summed E-state index contributed by atoms with van der Waals surface area (Å²) in [7, 11) is 2.16. The molecule has 37 heavy (non-hydrogen) atoms. The molecule has 2 aliphatic rings. The van der Waals surface area contributed by atoms with Crippen LogP contribution in [0.25, 0.3) is 0 Å². The second-order valence-corrected chi connectivity index (χ2v) is 10.2. The molecule has 192 valence electrons. The van der Waals surface area contributed by atoms with Gasteiger partial charge in [0.2, 0.25) is 5.91 Å². The van der Waals surface area contributed by atoms with E-state index in [9.17, 15) is 10.1 Å². The van der Waals surface area contributed by atoms with Gasteiger partial charge >= 0.3 is 0 Å². The Morgan fingerprint density at radius 3 is 2.68 bits per heavy atom. The second-order valence-electron chi connectivity index (χ2n) is 10.2. The van der Waals surface area contributed by atoms with Gasteiger partial charge in [-0.3, -0.25) is 9.48 Å². The maximum Gasteiger partial charge on any atom is 0.222 e. The molecule has 5 rings (SSSR count). The van der Waals surface area contributed by atoms with Gasteiger partial charge in [0.05, 0.1) is 35.5 Å². The van der Waals surface area contributed by atoms with Crippen LogP contribution in [0.4, 0.5) is 17.2 Å². The lowest BCUT2D eigenvalue weighted by molar-refractivity contribution is -0.122. The summed E-state index contributed by atoms with van der Waals surface area (Å²) in [6.07, 6.45) is 9.80. The van der Waals surface area contributed by atoms with Gasteiger partial charge in [-0.2, -0.15) is 10.4 Å². The van der Waals surface area contributed by atoms with E-state index in [1.165, 1.54) is 0 Å². The van der Waals surface area contributed by atoms with Crippen molar-refractivity contribution < 1.29 is 4.79 Å². The summed E-state index contributed by atoms with van der Waals surface area (Å²) >= 11 is 0. The number of hydrogen-bond acceptors (Lipinski definition) is 7. The number of rotatable bonds is 7. The predicted octanol–water partition coefficient (Wildman–Crippen LogP) is 3.46. The van der Waals surface area contributed by atoms with Crippen molar-refractivity contribution in [3.05, 3.63) is 66.1 Å². The third-order valence-corrected chi connectivity index (χ3v) is 7.58. The Labute approximate surface area is 218 Å². The molecule has 0 aliphatic carbocycles. The molecule has 2 N–H and O–H groups in total. The molecule has 0 bridgehead atoms. The van der Waals surface area contributed by atoms with Crippen molar-refractivity contribution in [2.45, 2.75) is 38.3 Å². The molecule has 2 fully saturated rings. The van der Waals surface area contributed by atoms with Crippen molar-refractivity contribution >= 4 is 23.1 Å². The fourth-order valence-electron chi connectivity index (χ4n) is 5.29. The number of amides is 1. The van der Waals surface area contributed by atoms with E-state index in [0.29, 0.717) is 24.7 Å². The lowest BCUT2D eigenvalue weighted by atomic mass is 9.97. The van der Waals surface area contributed by atoms with Crippen molar-refractivity contribution in [3.63, 3.8) is 0 Å². The van der Waals surface area contributed by atoms with Crippen LogP contribution in [0.15, 0.2) is 55.0 Å². The number of hydrogen-bond donors (Lipinski definition) is 1. The zero-order valence-electron chi connectivity index (χ0n) is 21.3. The zero-order valence-corrected chi connectivity index (χ0v) is 21.3. The molecule has 9 heteroatoms. The summed E-state index contributed by atoms with van der Waals surface area (Å²) in [6.45, 7) is 4.24. The van der Waals surface area contributed by atoms with E-state index in [4.69, 9.17) is 15.8 Å². The number of nitrogens with two attached hydrogens (primary N) is 1. The van der Waals surface area contributed by atoms with E-state index < -0.39 is 0 Å². The summed E-state index contributed by atoms with van der Waals surface area (Å²) in [4.78, 5) is 23.3. The first kappa shape index (κ1) is 24.8. The van der Waals surface area contributed by atoms with Crippen LogP contribution in [0.3, 0.4) is 0 Å². The summed E-state index contributed by atoms with van der Waals surface area (Å²) in [5.41, 5.74) is 9.34. The molecular weight excluding hydrogens is 464 g/mol. The maximum absolute atomic E-state index is 11.8. The quantitative estimate of drug-likeness (QED) is 0.532. The molecule has 0 radical (unpaired) electrons. The number of nitriles is 1. The molecule has 4 heterocycles. The standard InChI is InChI=1S/C28H34N8O/c1-33-13-9-24(10-14-33)36-20-26(17-32-36)35(18-22-6-4-21(16-29)5-7-22)27-15-25(8-11-31-27)34-12-2-3-23(19-34)28(30)37/h4-8,11,15,17,20,23-24H,2-3,9-10,12-14,18-19H2,1H3,(H2,30,37)/t23-/m1/s1. The third kappa shape index (κ3) is 5.75. The lowest BCUT2D eigenvalue weighted by Crippen LogP contribution is -2.41. The van der Waals surface area contributed by atoms with Gasteiger partial charge in [0, 0.05) is 43.8 Å². The van der Waals surface area contributed by atoms with Crippen LogP contribution < -0.4 is 15.5 Å². The maximum atomic E-state index is 11.8. The average molecular weight is 499 g/mol. The van der Waals surface area contributed by atoms with Crippen molar-refractivity contribution in [1.29, 1.82) is 5.26 Å². The van der Waals surface area contributed by atoms with Gasteiger partial charge in [-0.05, 0) is 69.6 Å². The summed E-state index contributed by atoms with van der Waals surface area (Å²) in [6, 6.07) is 14.3. The van der Waals surface area contributed by atoms with Crippen molar-refractivity contribution in [1.82, 2.24) is 19.7 Å². The van der Waals surface area contributed by atoms with E-state index in [0.717, 1.165) is 68.1 Å². The Morgan fingerprint density at radius 2 is 1.95 bits per heavy atom. The van der Waals surface area contributed by atoms with Crippen LogP contribution in [0.1, 0.15) is 42.9 Å². The van der Waals surface area contributed by atoms with E-state index in [1.54, 1.807) is 0 Å². The first-order chi connectivity index (χ1) is 18.0. The molecule has 0 unspecified atom stereocenters. The molecule has 0 saturated carbocycles. The third-order valence-electron chi connectivity index (χ3n) is 7.58. The SMILES string of the molecule is CN1CCC(n2cc(N(Cc3ccc(C#N)cc3)c3cc(N4CCC[C@@H](C(N)=O)C4)ccn3)cn2)CC1. The van der Waals surface area contributed by atoms with E-state index in [-0.39, 0.29) is 11.8 Å². The summed E-state index contributed by atoms with van der Waals surface area (Å²) in [5.74, 6) is 0.446. The van der Waals surface area contributed by atoms with Gasteiger partial charge in [-0.1, -0.05) is 12.1 Å². The fraction of sp³-hybridized carbons (Fsp3) is 0.429. The van der Waals surface area contributed by atoms with E-state index >= 15 is 0 Å². The monoisotopic (exact) mass is 498 g/mol. The number of likely N-dealkylation sites (tertiary alicyclic amines) is 1. The molecule has 2 saturated heterocycles. The van der Waals surface area contributed by atoms with Crippen LogP contribution in [-0.4, -0.2) is 58.8 Å². The molecule has 9 nitrogen and oxygen atoms in total. The minimum Gasteiger partial charge on any atom is -0.371 e. The molecule has 2 aromatic heterocycles. The smallest absolute Gasteiger partial charge is 0.222 e. The van der Waals surface area contributed by atoms with Gasteiger partial charge in [0.15, 0.2) is 0 Å². The Kier molecular flexibility index (Phi) is 7.37. The normalized spacial score (nSPS) is 18.9.